The Morgan fingerprint density at radius 1 is 1.16 bits per heavy atom. The zero-order chi connectivity index (χ0) is 23.5. The van der Waals surface area contributed by atoms with Gasteiger partial charge in [-0.1, -0.05) is 26.0 Å². The van der Waals surface area contributed by atoms with E-state index in [9.17, 15) is 0 Å². The van der Waals surface area contributed by atoms with Crippen molar-refractivity contribution in [2.24, 2.45) is 7.05 Å². The summed E-state index contributed by atoms with van der Waals surface area (Å²) >= 11 is 1.86. The summed E-state index contributed by atoms with van der Waals surface area (Å²) in [5.74, 6) is 2.08. The highest BCUT2D eigenvalue weighted by Crippen LogP contribution is 2.29. The molecule has 1 aliphatic rings. The molecule has 1 aromatic carbocycles. The van der Waals surface area contributed by atoms with Crippen LogP contribution in [0.2, 0.25) is 0 Å². The van der Waals surface area contributed by atoms with Crippen LogP contribution in [-0.2, 0) is 31.4 Å². The minimum absolute atomic E-state index is 0.750. The lowest BCUT2D eigenvalue weighted by Gasteiger charge is -2.23. The Morgan fingerprint density at radius 2 is 1.84 bits per heavy atom. The summed E-state index contributed by atoms with van der Waals surface area (Å²) in [4.78, 5) is 11.2. The molecule has 4 rings (SSSR count). The number of carbonyl (C=O) groups is 1. The molecule has 174 valence electrons. The fraction of sp³-hybridized carbons (Fsp3) is 0.458. The molecule has 1 aliphatic heterocycles. The Balaban J connectivity index is 0.000000671. The number of nitrogens with zero attached hydrogens (tertiary/aromatic N) is 5. The summed E-state index contributed by atoms with van der Waals surface area (Å²) in [6.07, 6.45) is 7.88. The predicted molar refractivity (Wildman–Crippen MR) is 136 cm³/mol. The van der Waals surface area contributed by atoms with Gasteiger partial charge in [-0.25, -0.2) is 0 Å². The largest absolute Gasteiger partial charge is 0.338 e. The van der Waals surface area contributed by atoms with Crippen LogP contribution in [0, 0.1) is 0 Å². The first-order valence-corrected chi connectivity index (χ1v) is 12.5. The van der Waals surface area contributed by atoms with E-state index in [1.807, 2.05) is 49.7 Å². The summed E-state index contributed by atoms with van der Waals surface area (Å²) in [6, 6.07) is 8.48. The van der Waals surface area contributed by atoms with Crippen molar-refractivity contribution >= 4 is 29.6 Å². The summed E-state index contributed by atoms with van der Waals surface area (Å²) < 4.78 is 4.02. The SMILES string of the molecule is CC.CC=O.CSCCn1nc(Nc2ccc(-c3cnn(C)c3)cc2)c2c1CCN(C)C2. The number of rotatable bonds is 6. The number of anilines is 2. The third-order valence-electron chi connectivity index (χ3n) is 5.02. The Bertz CT molecular complexity index is 964. The molecule has 8 heteroatoms. The van der Waals surface area contributed by atoms with Gasteiger partial charge in [0.1, 0.15) is 6.29 Å². The van der Waals surface area contributed by atoms with Crippen molar-refractivity contribution in [3.05, 3.63) is 47.9 Å². The number of carbonyl (C=O) groups excluding carboxylic acids is 1. The highest BCUT2D eigenvalue weighted by Gasteiger charge is 2.23. The average molecular weight is 457 g/mol. The van der Waals surface area contributed by atoms with Crippen molar-refractivity contribution < 1.29 is 4.79 Å². The molecule has 1 N–H and O–H groups in total. The molecule has 2 aromatic heterocycles. The number of likely N-dealkylation sites (N-methyl/N-ethyl adjacent to an activating group) is 1. The molecule has 7 nitrogen and oxygen atoms in total. The maximum absolute atomic E-state index is 8.81. The van der Waals surface area contributed by atoms with Gasteiger partial charge in [0.2, 0.25) is 0 Å². The van der Waals surface area contributed by atoms with Crippen LogP contribution in [0.3, 0.4) is 0 Å². The minimum Gasteiger partial charge on any atom is -0.338 e. The predicted octanol–water partition coefficient (Wildman–Crippen LogP) is 4.61. The molecule has 0 saturated heterocycles. The zero-order valence-corrected chi connectivity index (χ0v) is 20.9. The van der Waals surface area contributed by atoms with Gasteiger partial charge in [0.15, 0.2) is 5.82 Å². The molecule has 0 bridgehead atoms. The smallest absolute Gasteiger partial charge is 0.157 e. The second kappa shape index (κ2) is 13.1. The second-order valence-corrected chi connectivity index (χ2v) is 8.30. The monoisotopic (exact) mass is 456 g/mol. The first-order chi connectivity index (χ1) is 15.5. The van der Waals surface area contributed by atoms with Crippen molar-refractivity contribution in [1.82, 2.24) is 24.5 Å². The number of fused-ring (bicyclic) bond motifs is 1. The van der Waals surface area contributed by atoms with Crippen LogP contribution in [0.15, 0.2) is 36.7 Å². The maximum atomic E-state index is 8.81. The highest BCUT2D eigenvalue weighted by atomic mass is 32.2. The van der Waals surface area contributed by atoms with Gasteiger partial charge in [0, 0.05) is 61.0 Å². The van der Waals surface area contributed by atoms with Crippen LogP contribution in [0.4, 0.5) is 11.5 Å². The summed E-state index contributed by atoms with van der Waals surface area (Å²) in [5, 5.41) is 12.7. The van der Waals surface area contributed by atoms with Crippen molar-refractivity contribution in [1.29, 1.82) is 0 Å². The van der Waals surface area contributed by atoms with E-state index in [1.54, 1.807) is 0 Å². The molecule has 0 unspecified atom stereocenters. The second-order valence-electron chi connectivity index (χ2n) is 7.32. The van der Waals surface area contributed by atoms with Gasteiger partial charge in [-0.05, 0) is 37.9 Å². The molecule has 0 radical (unpaired) electrons. The number of nitrogens with one attached hydrogen (secondary N) is 1. The molecule has 0 atom stereocenters. The molecule has 0 aliphatic carbocycles. The van der Waals surface area contributed by atoms with E-state index in [0.717, 1.165) is 55.2 Å². The molecular formula is C24H36N6OS. The van der Waals surface area contributed by atoms with E-state index in [0.29, 0.717) is 0 Å². The molecular weight excluding hydrogens is 420 g/mol. The lowest BCUT2D eigenvalue weighted by molar-refractivity contribution is -0.106. The van der Waals surface area contributed by atoms with Crippen LogP contribution in [-0.4, -0.2) is 56.3 Å². The number of benzene rings is 1. The van der Waals surface area contributed by atoms with E-state index in [2.05, 4.69) is 57.6 Å². The Morgan fingerprint density at radius 3 is 2.44 bits per heavy atom. The lowest BCUT2D eigenvalue weighted by atomic mass is 10.1. The number of aromatic nitrogens is 4. The highest BCUT2D eigenvalue weighted by molar-refractivity contribution is 7.98. The quantitative estimate of drug-likeness (QED) is 0.547. The Kier molecular flexibility index (Phi) is 10.5. The molecule has 0 amide bonds. The average Bonchev–Trinajstić information content (AvgIpc) is 3.38. The van der Waals surface area contributed by atoms with E-state index in [1.165, 1.54) is 23.7 Å². The van der Waals surface area contributed by atoms with E-state index >= 15 is 0 Å². The fourth-order valence-electron chi connectivity index (χ4n) is 3.54. The van der Waals surface area contributed by atoms with Gasteiger partial charge in [0.25, 0.3) is 0 Å². The minimum atomic E-state index is 0.750. The number of hydrogen-bond acceptors (Lipinski definition) is 6. The number of aryl methyl sites for hydroxylation is 2. The molecule has 0 fully saturated rings. The van der Waals surface area contributed by atoms with E-state index < -0.39 is 0 Å². The van der Waals surface area contributed by atoms with Gasteiger partial charge >= 0.3 is 0 Å². The summed E-state index contributed by atoms with van der Waals surface area (Å²) in [6.45, 7) is 8.46. The maximum Gasteiger partial charge on any atom is 0.157 e. The third-order valence-corrected chi connectivity index (χ3v) is 5.61. The van der Waals surface area contributed by atoms with Crippen LogP contribution in [0.25, 0.3) is 11.1 Å². The number of aldehydes is 1. The summed E-state index contributed by atoms with van der Waals surface area (Å²) in [7, 11) is 4.11. The fourth-order valence-corrected chi connectivity index (χ4v) is 3.90. The molecule has 3 heterocycles. The van der Waals surface area contributed by atoms with Crippen molar-refractivity contribution in [2.75, 3.05) is 30.9 Å². The number of thioether (sulfide) groups is 1. The lowest BCUT2D eigenvalue weighted by Crippen LogP contribution is -2.27. The van der Waals surface area contributed by atoms with Crippen LogP contribution < -0.4 is 5.32 Å². The van der Waals surface area contributed by atoms with Gasteiger partial charge in [-0.3, -0.25) is 9.36 Å². The summed E-state index contributed by atoms with van der Waals surface area (Å²) in [5.41, 5.74) is 6.08. The first kappa shape index (κ1) is 25.7. The van der Waals surface area contributed by atoms with Crippen molar-refractivity contribution in [3.8, 4) is 11.1 Å². The molecule has 32 heavy (non-hydrogen) atoms. The van der Waals surface area contributed by atoms with E-state index in [4.69, 9.17) is 9.89 Å². The first-order valence-electron chi connectivity index (χ1n) is 11.1. The van der Waals surface area contributed by atoms with Crippen LogP contribution in [0.1, 0.15) is 32.0 Å². The van der Waals surface area contributed by atoms with Gasteiger partial charge in [-0.15, -0.1) is 0 Å². The van der Waals surface area contributed by atoms with Crippen LogP contribution in [0.5, 0.6) is 0 Å². The van der Waals surface area contributed by atoms with Gasteiger partial charge in [-0.2, -0.15) is 22.0 Å². The Hall–Kier alpha value is -2.58. The van der Waals surface area contributed by atoms with E-state index in [-0.39, 0.29) is 0 Å². The van der Waals surface area contributed by atoms with Crippen molar-refractivity contribution in [3.63, 3.8) is 0 Å². The third kappa shape index (κ3) is 6.71. The normalized spacial score (nSPS) is 12.7. The van der Waals surface area contributed by atoms with Gasteiger partial charge in [0.05, 0.1) is 12.7 Å². The zero-order valence-electron chi connectivity index (χ0n) is 20.1. The molecule has 0 saturated carbocycles. The standard InChI is InChI=1S/C20H26N6S.C2H4O.C2H6/c1-24-9-8-19-18(14-24)20(23-26(19)10-11-27-3)22-17-6-4-15(5-7-17)16-12-21-25(2)13-16;1-2-3;1-2/h4-7,12-13H,8-11,14H2,1-3H3,(H,22,23);2H,1H3;1-2H3. The molecule has 0 spiro atoms. The van der Waals surface area contributed by atoms with Crippen LogP contribution >= 0.6 is 11.8 Å². The number of hydrogen-bond donors (Lipinski definition) is 1. The van der Waals surface area contributed by atoms with Gasteiger partial charge < -0.3 is 15.0 Å². The van der Waals surface area contributed by atoms with Crippen molar-refractivity contribution in [2.45, 2.75) is 40.3 Å². The topological polar surface area (TPSA) is 68.0 Å². The Labute approximate surface area is 196 Å². The molecule has 3 aromatic rings.